The van der Waals surface area contributed by atoms with E-state index >= 15 is 0 Å². The average molecular weight is 300 g/mol. The first-order valence-corrected chi connectivity index (χ1v) is 6.71. The number of piperidine rings is 1. The summed E-state index contributed by atoms with van der Waals surface area (Å²) in [7, 11) is 1.96. The Morgan fingerprint density at radius 2 is 1.95 bits per heavy atom. The highest BCUT2D eigenvalue weighted by molar-refractivity contribution is 6.07. The Morgan fingerprint density at radius 1 is 1.29 bits per heavy atom. The Hall–Kier alpha value is -1.76. The molecule has 1 aromatic carbocycles. The standard InChI is InChI=1S/C14H15F3N2O2/c1-19-7-5-13(6-8-19)9-3-2-4-10(21-14(15,16)17)11(9)18-12(13)20/h2-4H,5-8H2,1H3,(H,18,20). The number of hydrogen-bond donors (Lipinski definition) is 1. The number of likely N-dealkylation sites (tertiary alicyclic amines) is 1. The lowest BCUT2D eigenvalue weighted by atomic mass is 9.74. The van der Waals surface area contributed by atoms with Gasteiger partial charge in [-0.1, -0.05) is 12.1 Å². The Bertz CT molecular complexity index is 578. The molecule has 0 atom stereocenters. The van der Waals surface area contributed by atoms with Crippen LogP contribution in [0.4, 0.5) is 18.9 Å². The number of hydrogen-bond acceptors (Lipinski definition) is 3. The van der Waals surface area contributed by atoms with Crippen LogP contribution < -0.4 is 10.1 Å². The van der Waals surface area contributed by atoms with Gasteiger partial charge in [-0.25, -0.2) is 0 Å². The molecule has 0 radical (unpaired) electrons. The third-order valence-corrected chi connectivity index (χ3v) is 4.28. The maximum absolute atomic E-state index is 12.5. The number of carbonyl (C=O) groups excluding carboxylic acids is 1. The quantitative estimate of drug-likeness (QED) is 0.866. The second-order valence-electron chi connectivity index (χ2n) is 5.57. The van der Waals surface area contributed by atoms with Crippen LogP contribution in [0.5, 0.6) is 5.75 Å². The molecule has 1 saturated heterocycles. The highest BCUT2D eigenvalue weighted by Gasteiger charge is 2.49. The second kappa shape index (κ2) is 4.62. The smallest absolute Gasteiger partial charge is 0.404 e. The largest absolute Gasteiger partial charge is 0.573 e. The molecule has 1 amide bonds. The summed E-state index contributed by atoms with van der Waals surface area (Å²) in [5.41, 5.74) is 0.0408. The summed E-state index contributed by atoms with van der Waals surface area (Å²) in [6, 6.07) is 4.43. The van der Waals surface area contributed by atoms with Gasteiger partial charge in [0.05, 0.1) is 11.1 Å². The molecule has 0 unspecified atom stereocenters. The first-order chi connectivity index (χ1) is 9.82. The first kappa shape index (κ1) is 14.2. The van der Waals surface area contributed by atoms with E-state index in [1.54, 1.807) is 6.07 Å². The zero-order valence-electron chi connectivity index (χ0n) is 11.5. The molecular weight excluding hydrogens is 285 g/mol. The van der Waals surface area contributed by atoms with Crippen LogP contribution in [0.25, 0.3) is 0 Å². The Balaban J connectivity index is 2.01. The molecule has 1 spiro atoms. The number of rotatable bonds is 1. The highest BCUT2D eigenvalue weighted by Crippen LogP contribution is 2.48. The number of carbonyl (C=O) groups is 1. The molecule has 7 heteroatoms. The van der Waals surface area contributed by atoms with Crippen molar-refractivity contribution in [2.75, 3.05) is 25.5 Å². The van der Waals surface area contributed by atoms with Gasteiger partial charge in [-0.2, -0.15) is 0 Å². The number of amides is 1. The zero-order valence-corrected chi connectivity index (χ0v) is 11.5. The fourth-order valence-electron chi connectivity index (χ4n) is 3.12. The number of ether oxygens (including phenoxy) is 1. The van der Waals surface area contributed by atoms with Crippen molar-refractivity contribution in [2.45, 2.75) is 24.6 Å². The lowest BCUT2D eigenvalue weighted by molar-refractivity contribution is -0.274. The van der Waals surface area contributed by atoms with Gasteiger partial charge in [0, 0.05) is 0 Å². The van der Waals surface area contributed by atoms with Gasteiger partial charge in [0.15, 0.2) is 5.75 Å². The molecule has 3 rings (SSSR count). The van der Waals surface area contributed by atoms with Crippen LogP contribution >= 0.6 is 0 Å². The lowest BCUT2D eigenvalue weighted by Crippen LogP contribution is -2.45. The van der Waals surface area contributed by atoms with Crippen LogP contribution in [0.2, 0.25) is 0 Å². The van der Waals surface area contributed by atoms with E-state index in [1.165, 1.54) is 12.1 Å². The SMILES string of the molecule is CN1CCC2(CC1)C(=O)Nc1c(OC(F)(F)F)cccc12. The molecule has 21 heavy (non-hydrogen) atoms. The van der Waals surface area contributed by atoms with Gasteiger partial charge in [-0.3, -0.25) is 4.79 Å². The minimum absolute atomic E-state index is 0.157. The average Bonchev–Trinajstić information content (AvgIpc) is 2.66. The monoisotopic (exact) mass is 300 g/mol. The van der Waals surface area contributed by atoms with Crippen LogP contribution in [0.15, 0.2) is 18.2 Å². The molecule has 0 aliphatic carbocycles. The lowest BCUT2D eigenvalue weighted by Gasteiger charge is -2.36. The summed E-state index contributed by atoms with van der Waals surface area (Å²) in [4.78, 5) is 14.5. The predicted molar refractivity (Wildman–Crippen MR) is 70.2 cm³/mol. The van der Waals surface area contributed by atoms with E-state index < -0.39 is 11.8 Å². The normalized spacial score (nSPS) is 21.2. The number of halogens is 3. The molecular formula is C14H15F3N2O2. The summed E-state index contributed by atoms with van der Waals surface area (Å²) in [6.45, 7) is 1.47. The van der Waals surface area contributed by atoms with Gasteiger partial charge in [0.1, 0.15) is 0 Å². The van der Waals surface area contributed by atoms with E-state index in [0.29, 0.717) is 18.4 Å². The second-order valence-corrected chi connectivity index (χ2v) is 5.57. The first-order valence-electron chi connectivity index (χ1n) is 6.71. The summed E-state index contributed by atoms with van der Waals surface area (Å²) in [5, 5.41) is 2.58. The van der Waals surface area contributed by atoms with Crippen LogP contribution in [0.1, 0.15) is 18.4 Å². The topological polar surface area (TPSA) is 41.6 Å². The zero-order chi connectivity index (χ0) is 15.3. The van der Waals surface area contributed by atoms with Gasteiger partial charge in [-0.15, -0.1) is 13.2 Å². The molecule has 0 aromatic heterocycles. The predicted octanol–water partition coefficient (Wildman–Crippen LogP) is 2.50. The van der Waals surface area contributed by atoms with Crippen molar-refractivity contribution in [1.82, 2.24) is 4.90 Å². The third-order valence-electron chi connectivity index (χ3n) is 4.28. The number of alkyl halides is 3. The molecule has 0 saturated carbocycles. The maximum Gasteiger partial charge on any atom is 0.573 e. The number of para-hydroxylation sites is 1. The molecule has 2 aliphatic heterocycles. The fourth-order valence-corrected chi connectivity index (χ4v) is 3.12. The molecule has 2 aliphatic rings. The minimum Gasteiger partial charge on any atom is -0.404 e. The third kappa shape index (κ3) is 2.35. The van der Waals surface area contributed by atoms with Crippen LogP contribution in [-0.4, -0.2) is 37.3 Å². The molecule has 0 bridgehead atoms. The van der Waals surface area contributed by atoms with Gasteiger partial charge in [-0.05, 0) is 44.6 Å². The van der Waals surface area contributed by atoms with Crippen molar-refractivity contribution >= 4 is 11.6 Å². The van der Waals surface area contributed by atoms with Crippen molar-refractivity contribution in [1.29, 1.82) is 0 Å². The summed E-state index contributed by atoms with van der Waals surface area (Å²) in [5.74, 6) is -0.576. The van der Waals surface area contributed by atoms with E-state index in [4.69, 9.17) is 0 Å². The van der Waals surface area contributed by atoms with Crippen molar-refractivity contribution < 1.29 is 22.7 Å². The molecule has 1 fully saturated rings. The van der Waals surface area contributed by atoms with Crippen LogP contribution in [-0.2, 0) is 10.2 Å². The van der Waals surface area contributed by atoms with Crippen molar-refractivity contribution in [3.05, 3.63) is 23.8 Å². The number of anilines is 1. The van der Waals surface area contributed by atoms with Crippen molar-refractivity contribution in [3.63, 3.8) is 0 Å². The Morgan fingerprint density at radius 3 is 2.57 bits per heavy atom. The van der Waals surface area contributed by atoms with E-state index in [0.717, 1.165) is 13.1 Å². The Kier molecular flexibility index (Phi) is 3.12. The minimum atomic E-state index is -4.78. The number of nitrogens with zero attached hydrogens (tertiary/aromatic N) is 1. The molecule has 2 heterocycles. The van der Waals surface area contributed by atoms with Gasteiger partial charge < -0.3 is 15.0 Å². The molecule has 1 aromatic rings. The van der Waals surface area contributed by atoms with Gasteiger partial charge in [0.2, 0.25) is 5.91 Å². The van der Waals surface area contributed by atoms with E-state index in [-0.39, 0.29) is 17.3 Å². The van der Waals surface area contributed by atoms with Crippen LogP contribution in [0, 0.1) is 0 Å². The van der Waals surface area contributed by atoms with Crippen molar-refractivity contribution in [2.24, 2.45) is 0 Å². The summed E-state index contributed by atoms with van der Waals surface area (Å²) in [6.07, 6.45) is -3.59. The van der Waals surface area contributed by atoms with E-state index in [1.807, 2.05) is 7.05 Å². The maximum atomic E-state index is 12.5. The highest BCUT2D eigenvalue weighted by atomic mass is 19.4. The fraction of sp³-hybridized carbons (Fsp3) is 0.500. The van der Waals surface area contributed by atoms with Gasteiger partial charge in [0.25, 0.3) is 0 Å². The number of benzene rings is 1. The van der Waals surface area contributed by atoms with E-state index in [9.17, 15) is 18.0 Å². The number of nitrogens with one attached hydrogen (secondary N) is 1. The van der Waals surface area contributed by atoms with Crippen LogP contribution in [0.3, 0.4) is 0 Å². The van der Waals surface area contributed by atoms with E-state index in [2.05, 4.69) is 15.0 Å². The Labute approximate surface area is 119 Å². The van der Waals surface area contributed by atoms with Crippen molar-refractivity contribution in [3.8, 4) is 5.75 Å². The summed E-state index contributed by atoms with van der Waals surface area (Å²) < 4.78 is 41.4. The van der Waals surface area contributed by atoms with Gasteiger partial charge >= 0.3 is 6.36 Å². The molecule has 4 nitrogen and oxygen atoms in total. The molecule has 114 valence electrons. The summed E-state index contributed by atoms with van der Waals surface area (Å²) >= 11 is 0. The molecule has 1 N–H and O–H groups in total. The number of fused-ring (bicyclic) bond motifs is 2.